The highest BCUT2D eigenvalue weighted by Gasteiger charge is 2.12. The number of rotatable bonds is 2. The summed E-state index contributed by atoms with van der Waals surface area (Å²) in [6, 6.07) is 4.13. The van der Waals surface area contributed by atoms with Crippen LogP contribution < -0.4 is 5.32 Å². The summed E-state index contributed by atoms with van der Waals surface area (Å²) < 4.78 is 0.566. The van der Waals surface area contributed by atoms with Crippen LogP contribution in [0.2, 0.25) is 5.02 Å². The molecule has 2 aromatic rings. The van der Waals surface area contributed by atoms with Crippen molar-refractivity contribution < 1.29 is 9.90 Å². The Morgan fingerprint density at radius 2 is 2.11 bits per heavy atom. The fourth-order valence-electron chi connectivity index (χ4n) is 1.25. The predicted octanol–water partition coefficient (Wildman–Crippen LogP) is 2.85. The molecule has 0 radical (unpaired) electrons. The van der Waals surface area contributed by atoms with Crippen LogP contribution in [0.5, 0.6) is 5.75 Å². The van der Waals surface area contributed by atoms with Gasteiger partial charge in [-0.3, -0.25) is 4.79 Å². The Bertz CT molecular complexity index is 589. The molecule has 0 saturated carbocycles. The van der Waals surface area contributed by atoms with Gasteiger partial charge in [0.2, 0.25) is 0 Å². The topological polar surface area (TPSA) is 75.1 Å². The molecular weight excluding hydrogens is 321 g/mol. The average molecular weight is 329 g/mol. The summed E-state index contributed by atoms with van der Waals surface area (Å²) in [5.41, 5.74) is 0.168. The van der Waals surface area contributed by atoms with Crippen LogP contribution in [0.4, 0.5) is 5.82 Å². The van der Waals surface area contributed by atoms with E-state index in [9.17, 15) is 9.90 Å². The van der Waals surface area contributed by atoms with Crippen molar-refractivity contribution in [1.82, 2.24) is 9.97 Å². The number of benzene rings is 1. The summed E-state index contributed by atoms with van der Waals surface area (Å²) in [5, 5.41) is 12.1. The third-order valence-corrected chi connectivity index (χ3v) is 2.80. The third-order valence-electron chi connectivity index (χ3n) is 2.06. The molecule has 0 fully saturated rings. The lowest BCUT2D eigenvalue weighted by atomic mass is 10.2. The van der Waals surface area contributed by atoms with Crippen molar-refractivity contribution in [3.05, 3.63) is 45.8 Å². The van der Waals surface area contributed by atoms with E-state index in [0.717, 1.165) is 0 Å². The van der Waals surface area contributed by atoms with E-state index in [1.54, 1.807) is 0 Å². The smallest absolute Gasteiger partial charge is 0.258 e. The van der Waals surface area contributed by atoms with Gasteiger partial charge >= 0.3 is 0 Å². The van der Waals surface area contributed by atoms with E-state index < -0.39 is 5.91 Å². The molecule has 1 amide bonds. The number of phenols is 1. The Kier molecular flexibility index (Phi) is 3.78. The van der Waals surface area contributed by atoms with Crippen LogP contribution in [-0.4, -0.2) is 21.0 Å². The van der Waals surface area contributed by atoms with Crippen LogP contribution >= 0.6 is 27.5 Å². The molecule has 0 bridgehead atoms. The summed E-state index contributed by atoms with van der Waals surface area (Å²) in [5.74, 6) is -0.207. The normalized spacial score (nSPS) is 10.1. The number of aromatic nitrogens is 2. The van der Waals surface area contributed by atoms with Gasteiger partial charge < -0.3 is 10.4 Å². The number of anilines is 1. The minimum absolute atomic E-state index is 0.0357. The van der Waals surface area contributed by atoms with Crippen molar-refractivity contribution in [2.24, 2.45) is 0 Å². The second-order valence-electron chi connectivity index (χ2n) is 3.34. The second-order valence-corrected chi connectivity index (χ2v) is 4.56. The lowest BCUT2D eigenvalue weighted by molar-refractivity contribution is 0.102. The third kappa shape index (κ3) is 2.96. The van der Waals surface area contributed by atoms with Gasteiger partial charge in [0.05, 0.1) is 23.0 Å². The molecule has 18 heavy (non-hydrogen) atoms. The number of nitrogens with one attached hydrogen (secondary N) is 1. The predicted molar refractivity (Wildman–Crippen MR) is 70.8 cm³/mol. The molecule has 1 aromatic heterocycles. The summed E-state index contributed by atoms with van der Waals surface area (Å²) in [6.07, 6.45) is 2.86. The second kappa shape index (κ2) is 5.32. The minimum atomic E-state index is -0.465. The molecule has 7 heteroatoms. The first-order valence-corrected chi connectivity index (χ1v) is 6.01. The molecule has 0 atom stereocenters. The van der Waals surface area contributed by atoms with Gasteiger partial charge in [-0.1, -0.05) is 11.6 Å². The van der Waals surface area contributed by atoms with Crippen LogP contribution in [-0.2, 0) is 0 Å². The molecule has 5 nitrogen and oxygen atoms in total. The maximum absolute atomic E-state index is 11.9. The van der Waals surface area contributed by atoms with E-state index in [1.807, 2.05) is 0 Å². The first-order valence-electron chi connectivity index (χ1n) is 4.83. The largest absolute Gasteiger partial charge is 0.508 e. The number of aromatic hydroxyl groups is 1. The zero-order valence-electron chi connectivity index (χ0n) is 8.89. The van der Waals surface area contributed by atoms with Crippen LogP contribution in [0.25, 0.3) is 0 Å². The molecule has 0 unspecified atom stereocenters. The number of amides is 1. The molecule has 0 aliphatic heterocycles. The van der Waals surface area contributed by atoms with Gasteiger partial charge in [-0.15, -0.1) is 0 Å². The molecule has 1 heterocycles. The average Bonchev–Trinajstić information content (AvgIpc) is 2.35. The fourth-order valence-corrected chi connectivity index (χ4v) is 1.66. The van der Waals surface area contributed by atoms with E-state index in [0.29, 0.717) is 10.4 Å². The lowest BCUT2D eigenvalue weighted by Crippen LogP contribution is -2.13. The van der Waals surface area contributed by atoms with Crippen molar-refractivity contribution >= 4 is 39.3 Å². The quantitative estimate of drug-likeness (QED) is 0.889. The molecule has 0 aliphatic rings. The van der Waals surface area contributed by atoms with Gasteiger partial charge in [-0.25, -0.2) is 9.97 Å². The van der Waals surface area contributed by atoms with Crippen molar-refractivity contribution in [3.8, 4) is 5.75 Å². The van der Waals surface area contributed by atoms with E-state index in [2.05, 4.69) is 31.2 Å². The Balaban J connectivity index is 2.21. The summed E-state index contributed by atoms with van der Waals surface area (Å²) in [7, 11) is 0. The lowest BCUT2D eigenvalue weighted by Gasteiger charge is -2.06. The number of hydrogen-bond acceptors (Lipinski definition) is 4. The Labute approximate surface area is 116 Å². The molecule has 2 N–H and O–H groups in total. The standard InChI is InChI=1S/C11H7BrClN3O2/c12-9-4-15-10(5-14-9)16-11(18)7-3-6(17)1-2-8(7)13/h1-5,17H,(H,15,16,18). The van der Waals surface area contributed by atoms with Gasteiger partial charge in [0, 0.05) is 0 Å². The van der Waals surface area contributed by atoms with E-state index in [1.165, 1.54) is 30.6 Å². The molecular formula is C11H7BrClN3O2. The number of halogens is 2. The van der Waals surface area contributed by atoms with Crippen molar-refractivity contribution in [2.75, 3.05) is 5.32 Å². The number of hydrogen-bond donors (Lipinski definition) is 2. The number of phenolic OH excluding ortho intramolecular Hbond substituents is 1. The molecule has 1 aromatic carbocycles. The monoisotopic (exact) mass is 327 g/mol. The van der Waals surface area contributed by atoms with E-state index >= 15 is 0 Å². The van der Waals surface area contributed by atoms with Crippen molar-refractivity contribution in [1.29, 1.82) is 0 Å². The van der Waals surface area contributed by atoms with Crippen LogP contribution in [0, 0.1) is 0 Å². The molecule has 0 spiro atoms. The Morgan fingerprint density at radius 1 is 1.33 bits per heavy atom. The van der Waals surface area contributed by atoms with Gasteiger partial charge in [-0.2, -0.15) is 0 Å². The summed E-state index contributed by atoms with van der Waals surface area (Å²) in [6.45, 7) is 0. The number of nitrogens with zero attached hydrogens (tertiary/aromatic N) is 2. The Morgan fingerprint density at radius 3 is 2.78 bits per heavy atom. The summed E-state index contributed by atoms with van der Waals surface area (Å²) in [4.78, 5) is 19.8. The van der Waals surface area contributed by atoms with Crippen molar-refractivity contribution in [3.63, 3.8) is 0 Å². The SMILES string of the molecule is O=C(Nc1cnc(Br)cn1)c1cc(O)ccc1Cl. The zero-order chi connectivity index (χ0) is 13.1. The van der Waals surface area contributed by atoms with Crippen LogP contribution in [0.1, 0.15) is 10.4 Å². The van der Waals surface area contributed by atoms with Gasteiger partial charge in [0.1, 0.15) is 10.4 Å². The molecule has 2 rings (SSSR count). The maximum Gasteiger partial charge on any atom is 0.258 e. The molecule has 0 saturated heterocycles. The summed E-state index contributed by atoms with van der Waals surface area (Å²) >= 11 is 9.00. The van der Waals surface area contributed by atoms with Crippen LogP contribution in [0.3, 0.4) is 0 Å². The number of carbonyl (C=O) groups is 1. The fraction of sp³-hybridized carbons (Fsp3) is 0. The van der Waals surface area contributed by atoms with E-state index in [-0.39, 0.29) is 16.3 Å². The van der Waals surface area contributed by atoms with Gasteiger partial charge in [0.25, 0.3) is 5.91 Å². The highest BCUT2D eigenvalue weighted by molar-refractivity contribution is 9.10. The van der Waals surface area contributed by atoms with Crippen LogP contribution in [0.15, 0.2) is 35.2 Å². The highest BCUT2D eigenvalue weighted by Crippen LogP contribution is 2.22. The van der Waals surface area contributed by atoms with E-state index in [4.69, 9.17) is 11.6 Å². The highest BCUT2D eigenvalue weighted by atomic mass is 79.9. The maximum atomic E-state index is 11.9. The first kappa shape index (κ1) is 12.8. The molecule has 0 aliphatic carbocycles. The zero-order valence-corrected chi connectivity index (χ0v) is 11.2. The minimum Gasteiger partial charge on any atom is -0.508 e. The van der Waals surface area contributed by atoms with Gasteiger partial charge in [-0.05, 0) is 34.1 Å². The first-order chi connectivity index (χ1) is 8.56. The molecule has 92 valence electrons. The number of carbonyl (C=O) groups excluding carboxylic acids is 1. The Hall–Kier alpha value is -1.66. The van der Waals surface area contributed by atoms with Crippen molar-refractivity contribution in [2.45, 2.75) is 0 Å². The van der Waals surface area contributed by atoms with Gasteiger partial charge in [0.15, 0.2) is 5.82 Å².